The number of aryl methyl sites for hydroxylation is 2. The van der Waals surface area contributed by atoms with E-state index in [1.807, 2.05) is 19.9 Å². The topological polar surface area (TPSA) is 55.1 Å². The molecule has 0 spiro atoms. The van der Waals surface area contributed by atoms with Gasteiger partial charge in [-0.25, -0.2) is 0 Å². The summed E-state index contributed by atoms with van der Waals surface area (Å²) in [7, 11) is 0. The van der Waals surface area contributed by atoms with Gasteiger partial charge in [-0.05, 0) is 49.8 Å². The molecule has 2 atom stereocenters. The predicted molar refractivity (Wildman–Crippen MR) is 79.2 cm³/mol. The number of carbonyl (C=O) groups is 1. The summed E-state index contributed by atoms with van der Waals surface area (Å²) >= 11 is 0. The van der Waals surface area contributed by atoms with Gasteiger partial charge < -0.3 is 11.1 Å². The Morgan fingerprint density at radius 1 is 1.26 bits per heavy atom. The summed E-state index contributed by atoms with van der Waals surface area (Å²) in [6.07, 6.45) is 4.67. The molecule has 1 aliphatic carbocycles. The van der Waals surface area contributed by atoms with Gasteiger partial charge in [-0.15, -0.1) is 0 Å². The van der Waals surface area contributed by atoms with Crippen molar-refractivity contribution in [2.75, 3.05) is 5.73 Å². The molecule has 1 fully saturated rings. The van der Waals surface area contributed by atoms with E-state index in [4.69, 9.17) is 5.73 Å². The lowest BCUT2D eigenvalue weighted by Crippen LogP contribution is -2.38. The molecule has 1 saturated carbocycles. The Morgan fingerprint density at radius 2 is 2.00 bits per heavy atom. The highest BCUT2D eigenvalue weighted by molar-refractivity contribution is 5.96. The van der Waals surface area contributed by atoms with Gasteiger partial charge in [0.15, 0.2) is 0 Å². The van der Waals surface area contributed by atoms with Gasteiger partial charge in [0.2, 0.25) is 0 Å². The van der Waals surface area contributed by atoms with E-state index in [9.17, 15) is 4.79 Å². The molecular formula is C16H24N2O. The number of nitrogens with one attached hydrogen (secondary N) is 1. The molecular weight excluding hydrogens is 236 g/mol. The van der Waals surface area contributed by atoms with Crippen LogP contribution in [0.1, 0.15) is 54.1 Å². The van der Waals surface area contributed by atoms with Crippen LogP contribution in [0.3, 0.4) is 0 Å². The number of amides is 1. The average Bonchev–Trinajstić information content (AvgIpc) is 2.33. The average molecular weight is 260 g/mol. The predicted octanol–water partition coefficient (Wildman–Crippen LogP) is 3.19. The van der Waals surface area contributed by atoms with Gasteiger partial charge >= 0.3 is 0 Å². The van der Waals surface area contributed by atoms with Crippen molar-refractivity contribution in [1.29, 1.82) is 0 Å². The number of nitrogens with two attached hydrogens (primary N) is 1. The highest BCUT2D eigenvalue weighted by Crippen LogP contribution is 2.24. The quantitative estimate of drug-likeness (QED) is 0.802. The monoisotopic (exact) mass is 260 g/mol. The second kappa shape index (κ2) is 5.64. The third-order valence-electron chi connectivity index (χ3n) is 4.13. The SMILES string of the molecule is Cc1cc(C)c(C(=O)NC2CCCC(C)C2)cc1N. The van der Waals surface area contributed by atoms with Crippen LogP contribution >= 0.6 is 0 Å². The van der Waals surface area contributed by atoms with Crippen LogP contribution < -0.4 is 11.1 Å². The minimum atomic E-state index is 0.0169. The molecule has 1 aromatic rings. The van der Waals surface area contributed by atoms with Gasteiger partial charge in [-0.1, -0.05) is 25.8 Å². The maximum Gasteiger partial charge on any atom is 0.251 e. The van der Waals surface area contributed by atoms with Crippen molar-refractivity contribution in [3.05, 3.63) is 28.8 Å². The van der Waals surface area contributed by atoms with E-state index in [0.29, 0.717) is 23.2 Å². The van der Waals surface area contributed by atoms with E-state index < -0.39 is 0 Å². The number of anilines is 1. The number of benzene rings is 1. The molecule has 0 heterocycles. The molecule has 0 aromatic heterocycles. The minimum absolute atomic E-state index is 0.0169. The van der Waals surface area contributed by atoms with Crippen molar-refractivity contribution in [1.82, 2.24) is 5.32 Å². The maximum atomic E-state index is 12.3. The fraction of sp³-hybridized carbons (Fsp3) is 0.562. The molecule has 0 aliphatic heterocycles. The third kappa shape index (κ3) is 3.28. The van der Waals surface area contributed by atoms with E-state index in [-0.39, 0.29) is 5.91 Å². The summed E-state index contributed by atoms with van der Waals surface area (Å²) in [4.78, 5) is 12.3. The summed E-state index contributed by atoms with van der Waals surface area (Å²) in [6.45, 7) is 6.19. The van der Waals surface area contributed by atoms with Crippen molar-refractivity contribution in [2.24, 2.45) is 5.92 Å². The molecule has 2 unspecified atom stereocenters. The molecule has 1 amide bonds. The van der Waals surface area contributed by atoms with E-state index >= 15 is 0 Å². The molecule has 104 valence electrons. The Kier molecular flexibility index (Phi) is 4.13. The zero-order valence-electron chi connectivity index (χ0n) is 12.1. The molecule has 3 nitrogen and oxygen atoms in total. The van der Waals surface area contributed by atoms with E-state index in [2.05, 4.69) is 12.2 Å². The Labute approximate surface area is 115 Å². The van der Waals surface area contributed by atoms with E-state index in [1.165, 1.54) is 12.8 Å². The van der Waals surface area contributed by atoms with E-state index in [0.717, 1.165) is 24.0 Å². The number of hydrogen-bond acceptors (Lipinski definition) is 2. The lowest BCUT2D eigenvalue weighted by molar-refractivity contribution is 0.0921. The third-order valence-corrected chi connectivity index (χ3v) is 4.13. The van der Waals surface area contributed by atoms with Gasteiger partial charge in [0.25, 0.3) is 5.91 Å². The zero-order valence-corrected chi connectivity index (χ0v) is 12.1. The summed E-state index contributed by atoms with van der Waals surface area (Å²) in [5.74, 6) is 0.728. The zero-order chi connectivity index (χ0) is 14.0. The first kappa shape index (κ1) is 13.9. The molecule has 1 aliphatic rings. The summed E-state index contributed by atoms with van der Waals surface area (Å²) < 4.78 is 0. The summed E-state index contributed by atoms with van der Waals surface area (Å²) in [5, 5.41) is 3.16. The van der Waals surface area contributed by atoms with Gasteiger partial charge in [0, 0.05) is 17.3 Å². The first-order chi connectivity index (χ1) is 8.97. The minimum Gasteiger partial charge on any atom is -0.398 e. The maximum absolute atomic E-state index is 12.3. The molecule has 1 aromatic carbocycles. The van der Waals surface area contributed by atoms with Crippen LogP contribution in [-0.2, 0) is 0 Å². The normalized spacial score (nSPS) is 23.1. The Bertz CT molecular complexity index is 482. The first-order valence-electron chi connectivity index (χ1n) is 7.15. The first-order valence-corrected chi connectivity index (χ1v) is 7.15. The second-order valence-electron chi connectivity index (χ2n) is 5.97. The molecule has 3 heteroatoms. The van der Waals surface area contributed by atoms with Crippen molar-refractivity contribution < 1.29 is 4.79 Å². The van der Waals surface area contributed by atoms with Crippen LogP contribution in [0.2, 0.25) is 0 Å². The van der Waals surface area contributed by atoms with Gasteiger partial charge in [0.05, 0.1) is 0 Å². The largest absolute Gasteiger partial charge is 0.398 e. The standard InChI is InChI=1S/C16H24N2O/c1-10-5-4-6-13(7-10)18-16(19)14-9-15(17)12(3)8-11(14)2/h8-10,13H,4-7,17H2,1-3H3,(H,18,19). The van der Waals surface area contributed by atoms with Gasteiger partial charge in [-0.2, -0.15) is 0 Å². The van der Waals surface area contributed by atoms with Gasteiger partial charge in [-0.3, -0.25) is 4.79 Å². The molecule has 0 radical (unpaired) electrons. The Hall–Kier alpha value is -1.51. The Morgan fingerprint density at radius 3 is 2.68 bits per heavy atom. The van der Waals surface area contributed by atoms with Crippen molar-refractivity contribution in [2.45, 2.75) is 52.5 Å². The fourth-order valence-electron chi connectivity index (χ4n) is 2.94. The molecule has 3 N–H and O–H groups in total. The molecule has 0 saturated heterocycles. The van der Waals surface area contributed by atoms with Gasteiger partial charge in [0.1, 0.15) is 0 Å². The van der Waals surface area contributed by atoms with E-state index in [1.54, 1.807) is 6.07 Å². The van der Waals surface area contributed by atoms with Crippen molar-refractivity contribution in [3.8, 4) is 0 Å². The summed E-state index contributed by atoms with van der Waals surface area (Å²) in [5.41, 5.74) is 9.32. The number of hydrogen-bond donors (Lipinski definition) is 2. The smallest absolute Gasteiger partial charge is 0.251 e. The fourth-order valence-corrected chi connectivity index (χ4v) is 2.94. The number of rotatable bonds is 2. The summed E-state index contributed by atoms with van der Waals surface area (Å²) in [6, 6.07) is 4.10. The highest BCUT2D eigenvalue weighted by atomic mass is 16.1. The van der Waals surface area contributed by atoms with Crippen LogP contribution in [0.25, 0.3) is 0 Å². The lowest BCUT2D eigenvalue weighted by Gasteiger charge is -2.27. The van der Waals surface area contributed by atoms with Crippen molar-refractivity contribution >= 4 is 11.6 Å². The lowest BCUT2D eigenvalue weighted by atomic mass is 9.87. The molecule has 2 rings (SSSR count). The highest BCUT2D eigenvalue weighted by Gasteiger charge is 2.21. The number of nitrogen functional groups attached to an aromatic ring is 1. The molecule has 0 bridgehead atoms. The second-order valence-corrected chi connectivity index (χ2v) is 5.97. The van der Waals surface area contributed by atoms with Crippen LogP contribution in [0.4, 0.5) is 5.69 Å². The van der Waals surface area contributed by atoms with Crippen LogP contribution in [0.15, 0.2) is 12.1 Å². The van der Waals surface area contributed by atoms with Crippen LogP contribution in [0.5, 0.6) is 0 Å². The van der Waals surface area contributed by atoms with Crippen LogP contribution in [0, 0.1) is 19.8 Å². The Balaban J connectivity index is 2.09. The van der Waals surface area contributed by atoms with Crippen LogP contribution in [-0.4, -0.2) is 11.9 Å². The van der Waals surface area contributed by atoms with Crippen molar-refractivity contribution in [3.63, 3.8) is 0 Å². The number of carbonyl (C=O) groups excluding carboxylic acids is 1. The molecule has 19 heavy (non-hydrogen) atoms.